The maximum Gasteiger partial charge on any atom is 0.289 e. The first-order valence-corrected chi connectivity index (χ1v) is 10.9. The van der Waals surface area contributed by atoms with Crippen molar-refractivity contribution >= 4 is 5.91 Å². The summed E-state index contributed by atoms with van der Waals surface area (Å²) in [5.74, 6) is 0.628. The number of tetrazole rings is 1. The summed E-state index contributed by atoms with van der Waals surface area (Å²) >= 11 is 0. The molecule has 2 fully saturated rings. The van der Waals surface area contributed by atoms with E-state index in [1.165, 1.54) is 18.4 Å². The Kier molecular flexibility index (Phi) is 5.95. The second-order valence-electron chi connectivity index (χ2n) is 8.11. The van der Waals surface area contributed by atoms with Gasteiger partial charge < -0.3 is 14.1 Å². The fourth-order valence-corrected chi connectivity index (χ4v) is 4.43. The van der Waals surface area contributed by atoms with Gasteiger partial charge in [-0.25, -0.2) is 9.07 Å². The molecule has 2 saturated heterocycles. The number of carbonyl (C=O) groups excluding carboxylic acids is 1. The first-order chi connectivity index (χ1) is 15.7. The van der Waals surface area contributed by atoms with E-state index < -0.39 is 0 Å². The molecule has 3 aromatic rings. The lowest BCUT2D eigenvalue weighted by Crippen LogP contribution is -2.50. The third-order valence-electron chi connectivity index (χ3n) is 6.09. The van der Waals surface area contributed by atoms with Crippen molar-refractivity contribution in [3.8, 4) is 0 Å². The van der Waals surface area contributed by atoms with E-state index in [0.717, 1.165) is 25.0 Å². The summed E-state index contributed by atoms with van der Waals surface area (Å²) < 4.78 is 26.5. The van der Waals surface area contributed by atoms with Crippen LogP contribution in [-0.2, 0) is 11.3 Å². The average Bonchev–Trinajstić information content (AvgIpc) is 3.60. The van der Waals surface area contributed by atoms with E-state index in [1.807, 2.05) is 0 Å². The molecule has 2 atom stereocenters. The van der Waals surface area contributed by atoms with E-state index >= 15 is 0 Å². The molecular formula is C22H25FN6O3. The van der Waals surface area contributed by atoms with Crippen LogP contribution in [0.4, 0.5) is 4.39 Å². The lowest BCUT2D eigenvalue weighted by atomic mass is 10.0. The van der Waals surface area contributed by atoms with Gasteiger partial charge in [-0.1, -0.05) is 12.1 Å². The van der Waals surface area contributed by atoms with Crippen LogP contribution < -0.4 is 0 Å². The average molecular weight is 440 g/mol. The Morgan fingerprint density at radius 2 is 1.97 bits per heavy atom. The number of amides is 1. The fraction of sp³-hybridized carbons (Fsp3) is 0.455. The van der Waals surface area contributed by atoms with Crippen molar-refractivity contribution in [2.45, 2.75) is 31.5 Å². The summed E-state index contributed by atoms with van der Waals surface area (Å²) in [6, 6.07) is 9.57. The number of piperazine rings is 1. The molecule has 2 aliphatic heterocycles. The van der Waals surface area contributed by atoms with Crippen LogP contribution in [0.1, 0.15) is 40.8 Å². The summed E-state index contributed by atoms with van der Waals surface area (Å²) in [7, 11) is 0. The molecule has 0 unspecified atom stereocenters. The molecule has 2 aliphatic rings. The lowest BCUT2D eigenvalue weighted by molar-refractivity contribution is 0.0551. The minimum atomic E-state index is -0.291. The molecule has 1 aromatic carbocycles. The van der Waals surface area contributed by atoms with Gasteiger partial charge in [0.05, 0.1) is 25.0 Å². The summed E-state index contributed by atoms with van der Waals surface area (Å²) in [6.07, 6.45) is 3.61. The van der Waals surface area contributed by atoms with Gasteiger partial charge in [-0.15, -0.1) is 5.10 Å². The number of furan rings is 1. The van der Waals surface area contributed by atoms with E-state index in [1.54, 1.807) is 33.8 Å². The first-order valence-electron chi connectivity index (χ1n) is 10.9. The van der Waals surface area contributed by atoms with E-state index in [2.05, 4.69) is 20.4 Å². The number of ether oxygens (including phenoxy) is 1. The topological polar surface area (TPSA) is 89.5 Å². The number of benzene rings is 1. The van der Waals surface area contributed by atoms with E-state index in [9.17, 15) is 9.18 Å². The van der Waals surface area contributed by atoms with Gasteiger partial charge in [-0.3, -0.25) is 9.69 Å². The standard InChI is InChI=1S/C22H25FN6O3/c23-17-7-5-16(6-8-17)20(21-24-25-26-29(21)15-18-3-1-13-31-18)27-9-11-28(12-10-27)22(30)19-4-2-14-32-19/h2,4-8,14,18,20H,1,3,9-13,15H2/t18-,20-/m0/s1. The van der Waals surface area contributed by atoms with Crippen LogP contribution in [0.2, 0.25) is 0 Å². The molecule has 0 aliphatic carbocycles. The van der Waals surface area contributed by atoms with Gasteiger partial charge in [0, 0.05) is 32.8 Å². The second-order valence-corrected chi connectivity index (χ2v) is 8.11. The largest absolute Gasteiger partial charge is 0.459 e. The molecule has 168 valence electrons. The zero-order valence-corrected chi connectivity index (χ0v) is 17.6. The van der Waals surface area contributed by atoms with Crippen LogP contribution in [0.25, 0.3) is 0 Å². The number of nitrogens with zero attached hydrogens (tertiary/aromatic N) is 6. The van der Waals surface area contributed by atoms with Gasteiger partial charge in [0.1, 0.15) is 5.82 Å². The molecule has 0 bridgehead atoms. The highest BCUT2D eigenvalue weighted by atomic mass is 19.1. The minimum absolute atomic E-state index is 0.0916. The van der Waals surface area contributed by atoms with Crippen molar-refractivity contribution in [1.29, 1.82) is 0 Å². The van der Waals surface area contributed by atoms with Crippen molar-refractivity contribution in [3.63, 3.8) is 0 Å². The van der Waals surface area contributed by atoms with Crippen molar-refractivity contribution in [2.75, 3.05) is 32.8 Å². The quantitative estimate of drug-likeness (QED) is 0.580. The summed E-state index contributed by atoms with van der Waals surface area (Å²) in [5, 5.41) is 12.5. The number of hydrogen-bond acceptors (Lipinski definition) is 7. The van der Waals surface area contributed by atoms with Crippen molar-refractivity contribution in [1.82, 2.24) is 30.0 Å². The van der Waals surface area contributed by atoms with E-state index in [4.69, 9.17) is 9.15 Å². The van der Waals surface area contributed by atoms with Gasteiger partial charge in [0.15, 0.2) is 11.6 Å². The van der Waals surface area contributed by atoms with Crippen LogP contribution in [-0.4, -0.2) is 74.8 Å². The number of aromatic nitrogens is 4. The van der Waals surface area contributed by atoms with Gasteiger partial charge in [-0.05, 0) is 53.1 Å². The van der Waals surface area contributed by atoms with Crippen LogP contribution in [0.3, 0.4) is 0 Å². The Balaban J connectivity index is 1.38. The summed E-state index contributed by atoms with van der Waals surface area (Å²) in [4.78, 5) is 16.7. The first kappa shape index (κ1) is 20.8. The predicted octanol–water partition coefficient (Wildman–Crippen LogP) is 2.13. The third kappa shape index (κ3) is 4.28. The van der Waals surface area contributed by atoms with Crippen molar-refractivity contribution < 1.29 is 18.3 Å². The highest BCUT2D eigenvalue weighted by molar-refractivity contribution is 5.91. The Bertz CT molecular complexity index is 1020. The molecule has 0 radical (unpaired) electrons. The Morgan fingerprint density at radius 1 is 1.16 bits per heavy atom. The predicted molar refractivity (Wildman–Crippen MR) is 111 cm³/mol. The molecule has 32 heavy (non-hydrogen) atoms. The SMILES string of the molecule is O=C(c1ccco1)N1CCN([C@@H](c2ccc(F)cc2)c2nnnn2C[C@@H]2CCCO2)CC1. The number of carbonyl (C=O) groups is 1. The molecule has 0 N–H and O–H groups in total. The molecule has 2 aromatic heterocycles. The lowest BCUT2D eigenvalue weighted by Gasteiger charge is -2.38. The van der Waals surface area contributed by atoms with Gasteiger partial charge >= 0.3 is 0 Å². The molecule has 1 amide bonds. The molecular weight excluding hydrogens is 415 g/mol. The smallest absolute Gasteiger partial charge is 0.289 e. The van der Waals surface area contributed by atoms with E-state index in [0.29, 0.717) is 44.3 Å². The van der Waals surface area contributed by atoms with Gasteiger partial charge in [-0.2, -0.15) is 0 Å². The Hall–Kier alpha value is -3.11. The van der Waals surface area contributed by atoms with E-state index in [-0.39, 0.29) is 23.9 Å². The highest BCUT2D eigenvalue weighted by Gasteiger charge is 2.33. The zero-order chi connectivity index (χ0) is 21.9. The van der Waals surface area contributed by atoms with Crippen LogP contribution in [0.5, 0.6) is 0 Å². The molecule has 5 rings (SSSR count). The summed E-state index contributed by atoms with van der Waals surface area (Å²) in [5.41, 5.74) is 0.903. The maximum atomic E-state index is 13.6. The summed E-state index contributed by atoms with van der Waals surface area (Å²) in [6.45, 7) is 3.68. The maximum absolute atomic E-state index is 13.6. The Labute approximate surface area is 184 Å². The monoisotopic (exact) mass is 440 g/mol. The van der Waals surface area contributed by atoms with Crippen LogP contribution in [0, 0.1) is 5.82 Å². The second kappa shape index (κ2) is 9.17. The number of hydrogen-bond donors (Lipinski definition) is 0. The zero-order valence-electron chi connectivity index (χ0n) is 17.6. The molecule has 9 nitrogen and oxygen atoms in total. The molecule has 10 heteroatoms. The number of halogens is 1. The van der Waals surface area contributed by atoms with Crippen molar-refractivity contribution in [2.24, 2.45) is 0 Å². The van der Waals surface area contributed by atoms with Crippen LogP contribution >= 0.6 is 0 Å². The van der Waals surface area contributed by atoms with Gasteiger partial charge in [0.25, 0.3) is 5.91 Å². The van der Waals surface area contributed by atoms with Crippen LogP contribution in [0.15, 0.2) is 47.1 Å². The molecule has 0 saturated carbocycles. The minimum Gasteiger partial charge on any atom is -0.459 e. The normalized spacial score (nSPS) is 20.5. The van der Waals surface area contributed by atoms with Crippen molar-refractivity contribution in [3.05, 3.63) is 65.6 Å². The highest BCUT2D eigenvalue weighted by Crippen LogP contribution is 2.29. The fourth-order valence-electron chi connectivity index (χ4n) is 4.43. The van der Waals surface area contributed by atoms with Gasteiger partial charge in [0.2, 0.25) is 0 Å². The molecule has 0 spiro atoms. The Morgan fingerprint density at radius 3 is 2.66 bits per heavy atom. The molecule has 4 heterocycles. The number of rotatable bonds is 6. The third-order valence-corrected chi connectivity index (χ3v) is 6.09.